The second-order valence-corrected chi connectivity index (χ2v) is 2.62. The van der Waals surface area contributed by atoms with Gasteiger partial charge in [-0.25, -0.2) is 0 Å². The SMILES string of the molecule is COCC(C)C(C)C(N)=O. The molecule has 0 spiro atoms. The second kappa shape index (κ2) is 4.28. The minimum absolute atomic E-state index is 0.0973. The number of rotatable bonds is 4. The molecule has 0 fully saturated rings. The third-order valence-corrected chi connectivity index (χ3v) is 1.73. The van der Waals surface area contributed by atoms with Crippen molar-refractivity contribution in [3.05, 3.63) is 0 Å². The normalized spacial score (nSPS) is 16.3. The summed E-state index contributed by atoms with van der Waals surface area (Å²) in [7, 11) is 1.62. The maximum atomic E-state index is 10.6. The van der Waals surface area contributed by atoms with Gasteiger partial charge in [0.15, 0.2) is 0 Å². The molecular weight excluding hydrogens is 130 g/mol. The molecule has 2 unspecified atom stereocenters. The number of methoxy groups -OCH3 is 1. The lowest BCUT2D eigenvalue weighted by Crippen LogP contribution is -2.28. The second-order valence-electron chi connectivity index (χ2n) is 2.62. The molecule has 0 aliphatic heterocycles. The molecule has 3 nitrogen and oxygen atoms in total. The lowest BCUT2D eigenvalue weighted by molar-refractivity contribution is -0.123. The Morgan fingerprint density at radius 1 is 1.60 bits per heavy atom. The summed E-state index contributed by atoms with van der Waals surface area (Å²) in [6.07, 6.45) is 0. The number of hydrogen-bond acceptors (Lipinski definition) is 2. The van der Waals surface area contributed by atoms with Crippen molar-refractivity contribution in [1.29, 1.82) is 0 Å². The van der Waals surface area contributed by atoms with Crippen LogP contribution in [-0.4, -0.2) is 19.6 Å². The summed E-state index contributed by atoms with van der Waals surface area (Å²) in [5.41, 5.74) is 5.07. The summed E-state index contributed by atoms with van der Waals surface area (Å²) in [6, 6.07) is 0. The average molecular weight is 145 g/mol. The highest BCUT2D eigenvalue weighted by Crippen LogP contribution is 2.09. The Labute approximate surface area is 61.5 Å². The molecule has 0 heterocycles. The molecule has 0 aromatic carbocycles. The van der Waals surface area contributed by atoms with Crippen LogP contribution in [0.15, 0.2) is 0 Å². The van der Waals surface area contributed by atoms with E-state index in [0.717, 1.165) is 0 Å². The molecule has 0 rings (SSSR count). The maximum absolute atomic E-state index is 10.6. The monoisotopic (exact) mass is 145 g/mol. The van der Waals surface area contributed by atoms with Gasteiger partial charge in [-0.2, -0.15) is 0 Å². The number of hydrogen-bond donors (Lipinski definition) is 1. The fourth-order valence-electron chi connectivity index (χ4n) is 0.688. The van der Waals surface area contributed by atoms with Gasteiger partial charge in [-0.15, -0.1) is 0 Å². The van der Waals surface area contributed by atoms with Crippen LogP contribution in [0.4, 0.5) is 0 Å². The lowest BCUT2D eigenvalue weighted by atomic mass is 9.96. The van der Waals surface area contributed by atoms with Gasteiger partial charge in [0.2, 0.25) is 5.91 Å². The van der Waals surface area contributed by atoms with E-state index in [0.29, 0.717) is 6.61 Å². The quantitative estimate of drug-likeness (QED) is 0.622. The summed E-state index contributed by atoms with van der Waals surface area (Å²) in [6.45, 7) is 4.34. The molecule has 0 aromatic rings. The number of primary amides is 1. The third kappa shape index (κ3) is 2.82. The molecule has 0 saturated heterocycles. The molecule has 1 amide bonds. The van der Waals surface area contributed by atoms with Gasteiger partial charge >= 0.3 is 0 Å². The van der Waals surface area contributed by atoms with Crippen molar-refractivity contribution >= 4 is 5.91 Å². The molecule has 3 heteroatoms. The highest BCUT2D eigenvalue weighted by molar-refractivity contribution is 5.76. The Hall–Kier alpha value is -0.570. The first-order valence-corrected chi connectivity index (χ1v) is 3.37. The van der Waals surface area contributed by atoms with Crippen molar-refractivity contribution in [2.75, 3.05) is 13.7 Å². The Morgan fingerprint density at radius 2 is 2.10 bits per heavy atom. The van der Waals surface area contributed by atoms with E-state index in [1.807, 2.05) is 13.8 Å². The largest absolute Gasteiger partial charge is 0.384 e. The van der Waals surface area contributed by atoms with Crippen molar-refractivity contribution in [3.8, 4) is 0 Å². The Balaban J connectivity index is 3.69. The van der Waals surface area contributed by atoms with Crippen LogP contribution in [0.5, 0.6) is 0 Å². The van der Waals surface area contributed by atoms with E-state index in [1.165, 1.54) is 0 Å². The van der Waals surface area contributed by atoms with Crippen LogP contribution in [0.2, 0.25) is 0 Å². The van der Waals surface area contributed by atoms with Crippen LogP contribution in [0.25, 0.3) is 0 Å². The van der Waals surface area contributed by atoms with Gasteiger partial charge in [0.05, 0.1) is 0 Å². The minimum Gasteiger partial charge on any atom is -0.384 e. The molecule has 0 aromatic heterocycles. The summed E-state index contributed by atoms with van der Waals surface area (Å²) >= 11 is 0. The highest BCUT2D eigenvalue weighted by Gasteiger charge is 2.16. The van der Waals surface area contributed by atoms with Gasteiger partial charge < -0.3 is 10.5 Å². The highest BCUT2D eigenvalue weighted by atomic mass is 16.5. The molecule has 10 heavy (non-hydrogen) atoms. The number of amides is 1. The molecule has 0 bridgehead atoms. The van der Waals surface area contributed by atoms with Gasteiger partial charge in [0.25, 0.3) is 0 Å². The van der Waals surface area contributed by atoms with E-state index in [9.17, 15) is 4.79 Å². The first kappa shape index (κ1) is 9.43. The summed E-state index contributed by atoms with van der Waals surface area (Å²) in [4.78, 5) is 10.6. The van der Waals surface area contributed by atoms with Crippen molar-refractivity contribution in [3.63, 3.8) is 0 Å². The third-order valence-electron chi connectivity index (χ3n) is 1.73. The standard InChI is InChI=1S/C7H15NO2/c1-5(4-10-3)6(2)7(8)9/h5-6H,4H2,1-3H3,(H2,8,9). The van der Waals surface area contributed by atoms with E-state index in [2.05, 4.69) is 0 Å². The fraction of sp³-hybridized carbons (Fsp3) is 0.857. The first-order valence-electron chi connectivity index (χ1n) is 3.37. The van der Waals surface area contributed by atoms with Crippen LogP contribution in [0.3, 0.4) is 0 Å². The van der Waals surface area contributed by atoms with E-state index < -0.39 is 0 Å². The molecule has 0 aliphatic rings. The zero-order valence-electron chi connectivity index (χ0n) is 6.76. The molecule has 0 radical (unpaired) electrons. The molecule has 60 valence electrons. The van der Waals surface area contributed by atoms with Crippen LogP contribution in [0, 0.1) is 11.8 Å². The van der Waals surface area contributed by atoms with E-state index in [1.54, 1.807) is 7.11 Å². The maximum Gasteiger partial charge on any atom is 0.220 e. The number of carbonyl (C=O) groups excluding carboxylic acids is 1. The average Bonchev–Trinajstić information content (AvgIpc) is 1.87. The number of ether oxygens (including phenoxy) is 1. The van der Waals surface area contributed by atoms with Crippen molar-refractivity contribution in [2.45, 2.75) is 13.8 Å². The van der Waals surface area contributed by atoms with Crippen LogP contribution >= 0.6 is 0 Å². The van der Waals surface area contributed by atoms with Gasteiger partial charge in [0, 0.05) is 19.6 Å². The zero-order chi connectivity index (χ0) is 8.15. The van der Waals surface area contributed by atoms with Crippen molar-refractivity contribution in [1.82, 2.24) is 0 Å². The summed E-state index contributed by atoms with van der Waals surface area (Å²) in [5, 5.41) is 0. The topological polar surface area (TPSA) is 52.3 Å². The molecule has 2 N–H and O–H groups in total. The van der Waals surface area contributed by atoms with Crippen LogP contribution in [-0.2, 0) is 9.53 Å². The number of carbonyl (C=O) groups is 1. The van der Waals surface area contributed by atoms with Crippen molar-refractivity contribution < 1.29 is 9.53 Å². The zero-order valence-corrected chi connectivity index (χ0v) is 6.76. The Morgan fingerprint density at radius 3 is 2.40 bits per heavy atom. The van der Waals surface area contributed by atoms with Gasteiger partial charge in [0.1, 0.15) is 0 Å². The van der Waals surface area contributed by atoms with Crippen molar-refractivity contribution in [2.24, 2.45) is 17.6 Å². The van der Waals surface area contributed by atoms with Gasteiger partial charge in [-0.3, -0.25) is 4.79 Å². The van der Waals surface area contributed by atoms with Crippen LogP contribution < -0.4 is 5.73 Å². The Bertz CT molecular complexity index is 114. The summed E-state index contributed by atoms with van der Waals surface area (Å²) in [5.74, 6) is -0.146. The van der Waals surface area contributed by atoms with E-state index >= 15 is 0 Å². The minimum atomic E-state index is -0.260. The number of nitrogens with two attached hydrogens (primary N) is 1. The van der Waals surface area contributed by atoms with Gasteiger partial charge in [-0.1, -0.05) is 13.8 Å². The molecule has 0 saturated carbocycles. The molecular formula is C7H15NO2. The lowest BCUT2D eigenvalue weighted by Gasteiger charge is -2.14. The van der Waals surface area contributed by atoms with E-state index in [4.69, 9.17) is 10.5 Å². The van der Waals surface area contributed by atoms with Crippen LogP contribution in [0.1, 0.15) is 13.8 Å². The molecule has 0 aliphatic carbocycles. The fourth-order valence-corrected chi connectivity index (χ4v) is 0.688. The summed E-state index contributed by atoms with van der Waals surface area (Å²) < 4.78 is 4.87. The van der Waals surface area contributed by atoms with E-state index in [-0.39, 0.29) is 17.7 Å². The smallest absolute Gasteiger partial charge is 0.220 e. The van der Waals surface area contributed by atoms with Gasteiger partial charge in [-0.05, 0) is 5.92 Å². The molecule has 2 atom stereocenters. The first-order chi connectivity index (χ1) is 4.59. The predicted octanol–water partition coefficient (Wildman–Crippen LogP) is 0.390. The Kier molecular flexibility index (Phi) is 4.03. The predicted molar refractivity (Wildman–Crippen MR) is 39.4 cm³/mol.